The highest BCUT2D eigenvalue weighted by Gasteiger charge is 2.25. The summed E-state index contributed by atoms with van der Waals surface area (Å²) in [6.45, 7) is 0. The van der Waals surface area contributed by atoms with Crippen molar-refractivity contribution in [3.63, 3.8) is 0 Å². The van der Waals surface area contributed by atoms with Gasteiger partial charge in [0.1, 0.15) is 5.82 Å². The zero-order chi connectivity index (χ0) is 14.8. The molecule has 0 unspecified atom stereocenters. The van der Waals surface area contributed by atoms with Crippen molar-refractivity contribution in [1.82, 2.24) is 10.0 Å². The van der Waals surface area contributed by atoms with Crippen LogP contribution in [0.4, 0.5) is 4.39 Å². The third-order valence-corrected chi connectivity index (χ3v) is 5.47. The zero-order valence-corrected chi connectivity index (χ0v) is 12.8. The molecule has 2 rings (SSSR count). The zero-order valence-electron chi connectivity index (χ0n) is 11.2. The predicted molar refractivity (Wildman–Crippen MR) is 76.8 cm³/mol. The SMILES string of the molecule is CNC1CCC(NS(=O)(=O)c2ccc(F)c(Cl)c2)CC1. The van der Waals surface area contributed by atoms with Crippen LogP contribution in [-0.2, 0) is 10.0 Å². The molecule has 2 N–H and O–H groups in total. The third-order valence-electron chi connectivity index (χ3n) is 3.66. The van der Waals surface area contributed by atoms with Gasteiger partial charge in [0.05, 0.1) is 9.92 Å². The second kappa shape index (κ2) is 6.39. The van der Waals surface area contributed by atoms with Crippen LogP contribution in [0.2, 0.25) is 5.02 Å². The van der Waals surface area contributed by atoms with Gasteiger partial charge < -0.3 is 5.32 Å². The molecule has 0 radical (unpaired) electrons. The summed E-state index contributed by atoms with van der Waals surface area (Å²) in [4.78, 5) is -0.000333. The Balaban J connectivity index is 2.06. The molecule has 1 aliphatic rings. The van der Waals surface area contributed by atoms with Gasteiger partial charge in [0, 0.05) is 12.1 Å². The van der Waals surface area contributed by atoms with Gasteiger partial charge in [0.2, 0.25) is 10.0 Å². The van der Waals surface area contributed by atoms with Crippen LogP contribution in [0.15, 0.2) is 23.1 Å². The molecule has 0 atom stereocenters. The van der Waals surface area contributed by atoms with E-state index < -0.39 is 15.8 Å². The molecular weight excluding hydrogens is 303 g/mol. The van der Waals surface area contributed by atoms with Crippen molar-refractivity contribution in [1.29, 1.82) is 0 Å². The maximum absolute atomic E-state index is 13.1. The summed E-state index contributed by atoms with van der Waals surface area (Å²) in [5, 5.41) is 3.01. The van der Waals surface area contributed by atoms with Gasteiger partial charge in [-0.05, 0) is 50.9 Å². The summed E-state index contributed by atoms with van der Waals surface area (Å²) in [7, 11) is -1.73. The van der Waals surface area contributed by atoms with Crippen LogP contribution in [0.1, 0.15) is 25.7 Å². The second-order valence-corrected chi connectivity index (χ2v) is 7.16. The Bertz CT molecular complexity index is 572. The van der Waals surface area contributed by atoms with Crippen LogP contribution in [0.3, 0.4) is 0 Å². The maximum atomic E-state index is 13.1. The largest absolute Gasteiger partial charge is 0.317 e. The number of nitrogens with one attached hydrogen (secondary N) is 2. The molecule has 0 heterocycles. The summed E-state index contributed by atoms with van der Waals surface area (Å²) >= 11 is 5.63. The molecule has 1 aromatic rings. The Morgan fingerprint density at radius 2 is 1.80 bits per heavy atom. The van der Waals surface area contributed by atoms with Crippen molar-refractivity contribution in [2.45, 2.75) is 42.7 Å². The van der Waals surface area contributed by atoms with Gasteiger partial charge in [-0.2, -0.15) is 0 Å². The van der Waals surface area contributed by atoms with Crippen LogP contribution < -0.4 is 10.0 Å². The molecule has 0 bridgehead atoms. The predicted octanol–water partition coefficient (Wildman–Crippen LogP) is 2.29. The van der Waals surface area contributed by atoms with Crippen molar-refractivity contribution in [3.8, 4) is 0 Å². The number of benzene rings is 1. The lowest BCUT2D eigenvalue weighted by Gasteiger charge is -2.28. The quantitative estimate of drug-likeness (QED) is 0.895. The second-order valence-electron chi connectivity index (χ2n) is 5.03. The van der Waals surface area contributed by atoms with Crippen LogP contribution in [0, 0.1) is 5.82 Å². The van der Waals surface area contributed by atoms with E-state index in [1.54, 1.807) is 0 Å². The number of halogens is 2. The fraction of sp³-hybridized carbons (Fsp3) is 0.538. The number of hydrogen-bond acceptors (Lipinski definition) is 3. The molecule has 4 nitrogen and oxygen atoms in total. The summed E-state index contributed by atoms with van der Waals surface area (Å²) < 4.78 is 40.2. The van der Waals surface area contributed by atoms with Gasteiger partial charge in [0.15, 0.2) is 0 Å². The Labute approximate surface area is 123 Å². The van der Waals surface area contributed by atoms with Crippen molar-refractivity contribution >= 4 is 21.6 Å². The fourth-order valence-corrected chi connectivity index (χ4v) is 4.01. The maximum Gasteiger partial charge on any atom is 0.240 e. The first kappa shape index (κ1) is 15.7. The standard InChI is InChI=1S/C13H18ClFN2O2S/c1-16-9-2-4-10(5-3-9)17-20(18,19)11-6-7-13(15)12(14)8-11/h6-10,16-17H,2-5H2,1H3. The van der Waals surface area contributed by atoms with Gasteiger partial charge in [0.25, 0.3) is 0 Å². The number of rotatable bonds is 4. The molecule has 1 aromatic carbocycles. The minimum atomic E-state index is -3.64. The van der Waals surface area contributed by atoms with E-state index in [1.165, 1.54) is 6.07 Å². The van der Waals surface area contributed by atoms with E-state index in [2.05, 4.69) is 10.0 Å². The van der Waals surface area contributed by atoms with Crippen LogP contribution in [-0.4, -0.2) is 27.5 Å². The molecule has 0 aliphatic heterocycles. The van der Waals surface area contributed by atoms with Crippen LogP contribution in [0.25, 0.3) is 0 Å². The van der Waals surface area contributed by atoms with Crippen molar-refractivity contribution < 1.29 is 12.8 Å². The monoisotopic (exact) mass is 320 g/mol. The van der Waals surface area contributed by atoms with E-state index in [9.17, 15) is 12.8 Å². The summed E-state index contributed by atoms with van der Waals surface area (Å²) in [6, 6.07) is 3.81. The highest BCUT2D eigenvalue weighted by atomic mass is 35.5. The first-order valence-corrected chi connectivity index (χ1v) is 8.43. The Kier molecular flexibility index (Phi) is 5.01. The lowest BCUT2D eigenvalue weighted by Crippen LogP contribution is -2.41. The van der Waals surface area contributed by atoms with E-state index in [-0.39, 0.29) is 16.0 Å². The molecular formula is C13H18ClFN2O2S. The molecule has 7 heteroatoms. The Hall–Kier alpha value is -0.690. The van der Waals surface area contributed by atoms with Crippen LogP contribution >= 0.6 is 11.6 Å². The van der Waals surface area contributed by atoms with E-state index >= 15 is 0 Å². The number of hydrogen-bond donors (Lipinski definition) is 2. The Morgan fingerprint density at radius 1 is 1.20 bits per heavy atom. The first-order valence-electron chi connectivity index (χ1n) is 6.57. The summed E-state index contributed by atoms with van der Waals surface area (Å²) in [5.74, 6) is -0.625. The Morgan fingerprint density at radius 3 is 2.35 bits per heavy atom. The topological polar surface area (TPSA) is 58.2 Å². The lowest BCUT2D eigenvalue weighted by atomic mass is 9.92. The molecule has 0 aromatic heterocycles. The summed E-state index contributed by atoms with van der Waals surface area (Å²) in [6.07, 6.45) is 3.46. The molecule has 1 saturated carbocycles. The molecule has 1 aliphatic carbocycles. The van der Waals surface area contributed by atoms with E-state index in [0.717, 1.165) is 37.8 Å². The van der Waals surface area contributed by atoms with Crippen molar-refractivity contribution in [2.75, 3.05) is 7.05 Å². The van der Waals surface area contributed by atoms with E-state index in [0.29, 0.717) is 6.04 Å². The lowest BCUT2D eigenvalue weighted by molar-refractivity contribution is 0.343. The van der Waals surface area contributed by atoms with E-state index in [4.69, 9.17) is 11.6 Å². The van der Waals surface area contributed by atoms with Gasteiger partial charge in [-0.3, -0.25) is 0 Å². The smallest absolute Gasteiger partial charge is 0.240 e. The fourth-order valence-electron chi connectivity index (χ4n) is 2.43. The molecule has 112 valence electrons. The average molecular weight is 321 g/mol. The molecule has 0 saturated heterocycles. The average Bonchev–Trinajstić information content (AvgIpc) is 2.42. The molecule has 20 heavy (non-hydrogen) atoms. The molecule has 0 amide bonds. The minimum Gasteiger partial charge on any atom is -0.317 e. The highest BCUT2D eigenvalue weighted by Crippen LogP contribution is 2.23. The highest BCUT2D eigenvalue weighted by molar-refractivity contribution is 7.89. The van der Waals surface area contributed by atoms with Crippen LogP contribution in [0.5, 0.6) is 0 Å². The van der Waals surface area contributed by atoms with Gasteiger partial charge >= 0.3 is 0 Å². The van der Waals surface area contributed by atoms with Crippen molar-refractivity contribution in [3.05, 3.63) is 29.0 Å². The molecule has 0 spiro atoms. The van der Waals surface area contributed by atoms with Gasteiger partial charge in [-0.1, -0.05) is 11.6 Å². The third kappa shape index (κ3) is 3.69. The molecule has 1 fully saturated rings. The van der Waals surface area contributed by atoms with Gasteiger partial charge in [-0.15, -0.1) is 0 Å². The van der Waals surface area contributed by atoms with E-state index in [1.807, 2.05) is 7.05 Å². The first-order chi connectivity index (χ1) is 9.42. The van der Waals surface area contributed by atoms with Gasteiger partial charge in [-0.25, -0.2) is 17.5 Å². The van der Waals surface area contributed by atoms with Crippen molar-refractivity contribution in [2.24, 2.45) is 0 Å². The minimum absolute atomic E-state index is 0.000333. The summed E-state index contributed by atoms with van der Waals surface area (Å²) in [5.41, 5.74) is 0. The normalized spacial score (nSPS) is 23.8. The number of sulfonamides is 1.